The first-order valence-corrected chi connectivity index (χ1v) is 12.7. The molecule has 14 nitrogen and oxygen atoms in total. The van der Waals surface area contributed by atoms with Gasteiger partial charge in [0.15, 0.2) is 0 Å². The molecule has 1 heterocycles. The van der Waals surface area contributed by atoms with E-state index in [1.807, 2.05) is 18.2 Å². The van der Waals surface area contributed by atoms with Crippen LogP contribution < -0.4 is 21.7 Å². The van der Waals surface area contributed by atoms with E-state index in [0.29, 0.717) is 12.0 Å². The molecule has 0 radical (unpaired) electrons. The number of H-pyrrole nitrogens is 1. The maximum Gasteiger partial charge on any atom is 0.326 e. The van der Waals surface area contributed by atoms with Gasteiger partial charge in [-0.3, -0.25) is 24.0 Å². The Kier molecular flexibility index (Phi) is 11.6. The summed E-state index contributed by atoms with van der Waals surface area (Å²) in [6, 6.07) is 1.74. The summed E-state index contributed by atoms with van der Waals surface area (Å²) in [7, 11) is 0. The second kappa shape index (κ2) is 14.6. The van der Waals surface area contributed by atoms with Crippen molar-refractivity contribution in [2.75, 3.05) is 0 Å². The Balaban J connectivity index is 2.18. The van der Waals surface area contributed by atoms with Crippen molar-refractivity contribution in [3.05, 3.63) is 36.0 Å². The molecule has 1 aromatic carbocycles. The molecule has 2 aromatic rings. The van der Waals surface area contributed by atoms with Crippen molar-refractivity contribution in [1.29, 1.82) is 0 Å². The quantitative estimate of drug-likeness (QED) is 0.136. The maximum absolute atomic E-state index is 13.2. The summed E-state index contributed by atoms with van der Waals surface area (Å²) in [6.07, 6.45) is 0.515. The molecule has 0 saturated heterocycles. The highest BCUT2D eigenvalue weighted by Crippen LogP contribution is 2.19. The standard InChI is InChI=1S/C26H35N5O9/c1-3-13(2)22(31-24(37)18(11-21(34)35)29-23(36)16(27)8-9-20(32)33)25(38)30-19(26(39)40)10-14-12-28-17-7-5-4-6-15(14)17/h4-7,12-13,16,18-19,22,28H,3,8-11,27H2,1-2H3,(H,29,36)(H,30,38)(H,31,37)(H,32,33)(H,34,35)(H,39,40). The van der Waals surface area contributed by atoms with Crippen LogP contribution in [0.5, 0.6) is 0 Å². The monoisotopic (exact) mass is 561 g/mol. The molecule has 2 rings (SSSR count). The number of hydrogen-bond donors (Lipinski definition) is 8. The molecule has 0 aliphatic heterocycles. The molecule has 1 aromatic heterocycles. The van der Waals surface area contributed by atoms with E-state index in [1.54, 1.807) is 26.1 Å². The summed E-state index contributed by atoms with van der Waals surface area (Å²) in [5.74, 6) is -7.12. The van der Waals surface area contributed by atoms with Crippen LogP contribution >= 0.6 is 0 Å². The third kappa shape index (κ3) is 9.08. The number of amides is 3. The Morgan fingerprint density at radius 2 is 1.55 bits per heavy atom. The predicted octanol–water partition coefficient (Wildman–Crippen LogP) is -0.0377. The number of rotatable bonds is 16. The number of carboxylic acid groups (broad SMARTS) is 3. The normalized spacial score (nSPS) is 14.8. The maximum atomic E-state index is 13.2. The second-order valence-electron chi connectivity index (χ2n) is 9.53. The number of aromatic amines is 1. The highest BCUT2D eigenvalue weighted by molar-refractivity contribution is 5.96. The summed E-state index contributed by atoms with van der Waals surface area (Å²) in [4.78, 5) is 75.8. The van der Waals surface area contributed by atoms with Gasteiger partial charge in [0.2, 0.25) is 17.7 Å². The number of carbonyl (C=O) groups is 6. The second-order valence-corrected chi connectivity index (χ2v) is 9.53. The van der Waals surface area contributed by atoms with E-state index in [0.717, 1.165) is 10.9 Å². The van der Waals surface area contributed by atoms with Gasteiger partial charge in [-0.2, -0.15) is 0 Å². The van der Waals surface area contributed by atoms with Gasteiger partial charge in [-0.25, -0.2) is 4.79 Å². The number of aromatic nitrogens is 1. The molecule has 5 atom stereocenters. The van der Waals surface area contributed by atoms with Crippen LogP contribution in [0.3, 0.4) is 0 Å². The van der Waals surface area contributed by atoms with Crippen LogP contribution in [0.15, 0.2) is 30.5 Å². The van der Waals surface area contributed by atoms with Crippen LogP contribution in [0.25, 0.3) is 10.9 Å². The third-order valence-corrected chi connectivity index (χ3v) is 6.52. The molecule has 9 N–H and O–H groups in total. The van der Waals surface area contributed by atoms with Crippen LogP contribution in [0.4, 0.5) is 0 Å². The van der Waals surface area contributed by atoms with E-state index >= 15 is 0 Å². The van der Waals surface area contributed by atoms with Gasteiger partial charge >= 0.3 is 17.9 Å². The van der Waals surface area contributed by atoms with Crippen molar-refractivity contribution in [2.45, 2.75) is 70.1 Å². The van der Waals surface area contributed by atoms with Crippen molar-refractivity contribution in [2.24, 2.45) is 11.7 Å². The Morgan fingerprint density at radius 3 is 2.15 bits per heavy atom. The number of nitrogens with two attached hydrogens (primary N) is 1. The van der Waals surface area contributed by atoms with Crippen molar-refractivity contribution in [3.63, 3.8) is 0 Å². The highest BCUT2D eigenvalue weighted by Gasteiger charge is 2.34. The summed E-state index contributed by atoms with van der Waals surface area (Å²) >= 11 is 0. The van der Waals surface area contributed by atoms with Crippen LogP contribution in [0, 0.1) is 5.92 Å². The number of hydrogen-bond acceptors (Lipinski definition) is 7. The first-order valence-electron chi connectivity index (χ1n) is 12.7. The topological polar surface area (TPSA) is 241 Å². The number of para-hydroxylation sites is 1. The zero-order valence-corrected chi connectivity index (χ0v) is 22.2. The molecule has 0 saturated carbocycles. The number of carboxylic acids is 3. The van der Waals surface area contributed by atoms with Gasteiger partial charge in [0.1, 0.15) is 18.1 Å². The molecule has 0 spiro atoms. The van der Waals surface area contributed by atoms with E-state index in [-0.39, 0.29) is 12.8 Å². The Hall–Kier alpha value is -4.46. The fourth-order valence-electron chi connectivity index (χ4n) is 4.01. The Bertz CT molecular complexity index is 1240. The lowest BCUT2D eigenvalue weighted by Crippen LogP contribution is -2.59. The summed E-state index contributed by atoms with van der Waals surface area (Å²) < 4.78 is 0. The van der Waals surface area contributed by atoms with Gasteiger partial charge in [-0.1, -0.05) is 38.5 Å². The van der Waals surface area contributed by atoms with Crippen molar-refractivity contribution in [1.82, 2.24) is 20.9 Å². The number of aliphatic carboxylic acids is 3. The molecular formula is C26H35N5O9. The predicted molar refractivity (Wildman–Crippen MR) is 142 cm³/mol. The Labute approximate surface area is 229 Å². The molecule has 14 heteroatoms. The van der Waals surface area contributed by atoms with Gasteiger partial charge in [0, 0.05) is 29.9 Å². The van der Waals surface area contributed by atoms with Crippen LogP contribution in [0.1, 0.15) is 45.1 Å². The lowest BCUT2D eigenvalue weighted by Gasteiger charge is -2.27. The number of benzene rings is 1. The molecular weight excluding hydrogens is 526 g/mol. The average Bonchev–Trinajstić information content (AvgIpc) is 3.31. The largest absolute Gasteiger partial charge is 0.481 e. The average molecular weight is 562 g/mol. The van der Waals surface area contributed by atoms with Crippen molar-refractivity contribution >= 4 is 46.5 Å². The van der Waals surface area contributed by atoms with E-state index < -0.39 is 78.6 Å². The van der Waals surface area contributed by atoms with Crippen molar-refractivity contribution in [3.8, 4) is 0 Å². The molecule has 3 amide bonds. The third-order valence-electron chi connectivity index (χ3n) is 6.52. The molecule has 0 aliphatic carbocycles. The lowest BCUT2D eigenvalue weighted by molar-refractivity contribution is -0.143. The molecule has 40 heavy (non-hydrogen) atoms. The van der Waals surface area contributed by atoms with E-state index in [1.165, 1.54) is 0 Å². The van der Waals surface area contributed by atoms with E-state index in [9.17, 15) is 39.0 Å². The minimum atomic E-state index is -1.62. The lowest BCUT2D eigenvalue weighted by atomic mass is 9.96. The van der Waals surface area contributed by atoms with Gasteiger partial charge in [0.05, 0.1) is 12.5 Å². The summed E-state index contributed by atoms with van der Waals surface area (Å²) in [6.45, 7) is 3.39. The van der Waals surface area contributed by atoms with Gasteiger partial charge in [-0.15, -0.1) is 0 Å². The number of fused-ring (bicyclic) bond motifs is 1. The molecule has 0 fully saturated rings. The SMILES string of the molecule is CCC(C)C(NC(=O)C(CC(=O)O)NC(=O)C(N)CCC(=O)O)C(=O)NC(Cc1c[nH]c2ccccc12)C(=O)O. The number of nitrogens with one attached hydrogen (secondary N) is 4. The zero-order valence-electron chi connectivity index (χ0n) is 22.2. The summed E-state index contributed by atoms with van der Waals surface area (Å²) in [5.41, 5.74) is 7.12. The minimum Gasteiger partial charge on any atom is -0.481 e. The molecule has 5 unspecified atom stereocenters. The van der Waals surface area contributed by atoms with Gasteiger partial charge in [0.25, 0.3) is 0 Å². The fraction of sp³-hybridized carbons (Fsp3) is 0.462. The number of carbonyl (C=O) groups excluding carboxylic acids is 3. The van der Waals surface area contributed by atoms with Crippen LogP contribution in [-0.4, -0.2) is 80.1 Å². The highest BCUT2D eigenvalue weighted by atomic mass is 16.4. The van der Waals surface area contributed by atoms with E-state index in [2.05, 4.69) is 20.9 Å². The van der Waals surface area contributed by atoms with E-state index in [4.69, 9.17) is 10.8 Å². The van der Waals surface area contributed by atoms with Crippen LogP contribution in [0.2, 0.25) is 0 Å². The minimum absolute atomic E-state index is 0.0435. The molecule has 0 bridgehead atoms. The smallest absolute Gasteiger partial charge is 0.326 e. The first-order chi connectivity index (χ1) is 18.8. The summed E-state index contributed by atoms with van der Waals surface area (Å²) in [5, 5.41) is 35.7. The molecule has 218 valence electrons. The fourth-order valence-corrected chi connectivity index (χ4v) is 4.01. The van der Waals surface area contributed by atoms with Gasteiger partial charge < -0.3 is 42.0 Å². The van der Waals surface area contributed by atoms with Gasteiger partial charge in [-0.05, 0) is 24.0 Å². The zero-order chi connectivity index (χ0) is 30.0. The van der Waals surface area contributed by atoms with Crippen LogP contribution in [-0.2, 0) is 35.2 Å². The first kappa shape index (κ1) is 31.8. The molecule has 0 aliphatic rings. The van der Waals surface area contributed by atoms with Crippen molar-refractivity contribution < 1.29 is 44.1 Å². The Morgan fingerprint density at radius 1 is 0.900 bits per heavy atom.